The predicted octanol–water partition coefficient (Wildman–Crippen LogP) is 11.0. The largest absolute Gasteiger partial charge is 0.498 e. The van der Waals surface area contributed by atoms with Gasteiger partial charge in [-0.1, -0.05) is 156 Å². The molecule has 314 valence electrons. The standard InChI is InChI=1S/C57H49N4Si.Pt/c1-56(2,3)40-30-31-58-55(34-40)61-49-23-13-10-20-45(49)46-29-28-43(36-52(46)61)62(53-26-16-11-21-47(53)48-22-12-17-27-54(48)62)44-33-41(57(4,5)6)32-42(35-44)60-38-59(37-39-18-8-7-9-19-39)50-24-14-15-25-51(50)60;/h7-34,38H,37H2,1-6H3;/q-3;. The van der Waals surface area contributed by atoms with Gasteiger partial charge in [-0.15, -0.1) is 17.1 Å². The van der Waals surface area contributed by atoms with E-state index in [1.165, 1.54) is 65.0 Å². The summed E-state index contributed by atoms with van der Waals surface area (Å²) in [6.07, 6.45) is 1.96. The molecule has 4 heterocycles. The number of hydrogen-bond acceptors (Lipinski definition) is 3. The zero-order valence-corrected chi connectivity index (χ0v) is 39.8. The molecule has 0 saturated carbocycles. The quantitative estimate of drug-likeness (QED) is 0.123. The summed E-state index contributed by atoms with van der Waals surface area (Å²) >= 11 is 0. The van der Waals surface area contributed by atoms with E-state index in [0.717, 1.165) is 34.8 Å². The minimum atomic E-state index is -3.12. The summed E-state index contributed by atoms with van der Waals surface area (Å²) < 4.78 is 2.34. The first-order valence-electron chi connectivity index (χ1n) is 21.7. The van der Waals surface area contributed by atoms with Crippen LogP contribution in [-0.2, 0) is 38.4 Å². The number of benzene rings is 7. The van der Waals surface area contributed by atoms with Crippen molar-refractivity contribution in [1.82, 2.24) is 9.55 Å². The Bertz CT molecular complexity index is 3150. The van der Waals surface area contributed by atoms with Gasteiger partial charge in [0, 0.05) is 50.7 Å². The number of aromatic nitrogens is 2. The molecular formula is C57H49N4PtSi-3. The molecule has 4 nitrogen and oxygen atoms in total. The molecule has 0 saturated heterocycles. The predicted molar refractivity (Wildman–Crippen MR) is 262 cm³/mol. The Hall–Kier alpha value is -6.00. The Morgan fingerprint density at radius 2 is 1.21 bits per heavy atom. The molecule has 0 spiro atoms. The first-order valence-corrected chi connectivity index (χ1v) is 23.7. The van der Waals surface area contributed by atoms with Gasteiger partial charge in [0.05, 0.1) is 0 Å². The third kappa shape index (κ3) is 6.62. The molecule has 6 heteroatoms. The fourth-order valence-corrected chi connectivity index (χ4v) is 14.9. The van der Waals surface area contributed by atoms with Crippen molar-refractivity contribution in [3.63, 3.8) is 0 Å². The van der Waals surface area contributed by atoms with Crippen LogP contribution < -0.4 is 30.5 Å². The average molecular weight is 1010 g/mol. The smallest absolute Gasteiger partial charge is 0.135 e. The number of hydrogen-bond donors (Lipinski definition) is 0. The zero-order chi connectivity index (χ0) is 42.4. The van der Waals surface area contributed by atoms with Crippen molar-refractivity contribution in [1.29, 1.82) is 0 Å². The summed E-state index contributed by atoms with van der Waals surface area (Å²) in [5.41, 5.74) is 11.8. The molecule has 2 aliphatic heterocycles. The van der Waals surface area contributed by atoms with Crippen LogP contribution in [0, 0.1) is 18.8 Å². The van der Waals surface area contributed by atoms with Crippen LogP contribution in [0.3, 0.4) is 0 Å². The second-order valence-electron chi connectivity index (χ2n) is 19.0. The molecule has 9 aromatic rings. The Labute approximate surface area is 387 Å². The summed E-state index contributed by atoms with van der Waals surface area (Å²) in [5.74, 6) is 0.909. The maximum Gasteiger partial charge on any atom is 0.135 e. The van der Waals surface area contributed by atoms with Crippen LogP contribution in [-0.4, -0.2) is 17.6 Å². The number of fused-ring (bicyclic) bond motifs is 7. The summed E-state index contributed by atoms with van der Waals surface area (Å²) in [5, 5.41) is 7.56. The van der Waals surface area contributed by atoms with E-state index < -0.39 is 8.07 Å². The van der Waals surface area contributed by atoms with Crippen molar-refractivity contribution in [3.05, 3.63) is 205 Å². The fraction of sp³-hybridized carbons (Fsp3) is 0.158. The molecule has 0 aliphatic carbocycles. The topological polar surface area (TPSA) is 24.3 Å². The van der Waals surface area contributed by atoms with E-state index in [4.69, 9.17) is 4.98 Å². The van der Waals surface area contributed by atoms with E-state index in [1.54, 1.807) is 0 Å². The molecular weight excluding hydrogens is 964 g/mol. The second-order valence-corrected chi connectivity index (χ2v) is 22.6. The Morgan fingerprint density at radius 1 is 0.571 bits per heavy atom. The van der Waals surface area contributed by atoms with Crippen molar-refractivity contribution in [2.24, 2.45) is 0 Å². The number of rotatable bonds is 6. The van der Waals surface area contributed by atoms with Crippen LogP contribution in [0.4, 0.5) is 17.1 Å². The first-order chi connectivity index (χ1) is 30.0. The molecule has 0 amide bonds. The van der Waals surface area contributed by atoms with E-state index in [2.05, 4.69) is 239 Å². The second kappa shape index (κ2) is 15.4. The molecule has 0 atom stereocenters. The van der Waals surface area contributed by atoms with Crippen molar-refractivity contribution in [2.75, 3.05) is 9.80 Å². The van der Waals surface area contributed by atoms with Gasteiger partial charge in [-0.2, -0.15) is 52.9 Å². The van der Waals surface area contributed by atoms with Crippen LogP contribution >= 0.6 is 0 Å². The van der Waals surface area contributed by atoms with Gasteiger partial charge >= 0.3 is 0 Å². The van der Waals surface area contributed by atoms with E-state index >= 15 is 0 Å². The normalized spacial score (nSPS) is 14.1. The molecule has 0 bridgehead atoms. The molecule has 63 heavy (non-hydrogen) atoms. The Morgan fingerprint density at radius 3 is 1.92 bits per heavy atom. The number of para-hydroxylation sites is 3. The van der Waals surface area contributed by atoms with Crippen molar-refractivity contribution in [2.45, 2.75) is 58.9 Å². The van der Waals surface area contributed by atoms with Gasteiger partial charge in [0.25, 0.3) is 0 Å². The summed E-state index contributed by atoms with van der Waals surface area (Å²) in [7, 11) is -3.12. The monoisotopic (exact) mass is 1010 g/mol. The van der Waals surface area contributed by atoms with Gasteiger partial charge in [0.2, 0.25) is 0 Å². The number of anilines is 3. The van der Waals surface area contributed by atoms with Gasteiger partial charge in [-0.05, 0) is 79.2 Å². The maximum absolute atomic E-state index is 5.05. The SMILES string of the molecule is CC(C)(C)c1cc(N2[CH-]N(Cc3ccccc3)c3ccccc32)[c-]c([Si]2(c3[c-]c4c(cc3)c3ccccc3n4-c3cc(C(C)(C)C)ccn3)c3ccccc3-c3ccccc32)c1.[Pt]. The number of pyridine rings is 1. The summed E-state index contributed by atoms with van der Waals surface area (Å²) in [6, 6.07) is 69.0. The number of nitrogens with zero attached hydrogens (tertiary/aromatic N) is 4. The zero-order valence-electron chi connectivity index (χ0n) is 36.6. The first kappa shape index (κ1) is 41.0. The summed E-state index contributed by atoms with van der Waals surface area (Å²) in [4.78, 5) is 9.79. The van der Waals surface area contributed by atoms with Crippen molar-refractivity contribution in [3.8, 4) is 16.9 Å². The van der Waals surface area contributed by atoms with Gasteiger partial charge < -0.3 is 14.4 Å². The van der Waals surface area contributed by atoms with Gasteiger partial charge in [0.15, 0.2) is 0 Å². The molecule has 0 unspecified atom stereocenters. The Balaban J connectivity index is 0.00000471. The maximum atomic E-state index is 5.05. The van der Waals surface area contributed by atoms with Crippen LogP contribution in [0.25, 0.3) is 38.8 Å². The van der Waals surface area contributed by atoms with Crippen LogP contribution in [0.15, 0.2) is 170 Å². The summed E-state index contributed by atoms with van der Waals surface area (Å²) in [6.45, 7) is 16.8. The van der Waals surface area contributed by atoms with E-state index in [1.807, 2.05) is 6.20 Å². The Kier molecular flexibility index (Phi) is 10.0. The van der Waals surface area contributed by atoms with Crippen molar-refractivity contribution >= 4 is 67.7 Å². The van der Waals surface area contributed by atoms with Gasteiger partial charge in [-0.25, -0.2) is 4.98 Å². The molecule has 0 fully saturated rings. The van der Waals surface area contributed by atoms with E-state index in [9.17, 15) is 0 Å². The van der Waals surface area contributed by atoms with E-state index in [-0.39, 0.29) is 31.9 Å². The third-order valence-electron chi connectivity index (χ3n) is 13.1. The third-order valence-corrected chi connectivity index (χ3v) is 17.7. The van der Waals surface area contributed by atoms with Crippen LogP contribution in [0.2, 0.25) is 0 Å². The van der Waals surface area contributed by atoms with Gasteiger partial charge in [0.1, 0.15) is 13.9 Å². The molecule has 2 aromatic heterocycles. The molecule has 0 radical (unpaired) electrons. The molecule has 0 N–H and O–H groups in total. The minimum Gasteiger partial charge on any atom is -0.498 e. The fourth-order valence-electron chi connectivity index (χ4n) is 9.91. The average Bonchev–Trinajstić information content (AvgIpc) is 3.92. The molecule has 11 rings (SSSR count). The van der Waals surface area contributed by atoms with Gasteiger partial charge in [-0.3, -0.25) is 0 Å². The molecule has 2 aliphatic rings. The van der Waals surface area contributed by atoms with Crippen LogP contribution in [0.1, 0.15) is 58.2 Å². The van der Waals surface area contributed by atoms with E-state index in [0.29, 0.717) is 0 Å². The van der Waals surface area contributed by atoms with Crippen molar-refractivity contribution < 1.29 is 21.1 Å². The van der Waals surface area contributed by atoms with Crippen LogP contribution in [0.5, 0.6) is 0 Å². The molecule has 7 aromatic carbocycles. The minimum absolute atomic E-state index is 0.